The van der Waals surface area contributed by atoms with Gasteiger partial charge < -0.3 is 15.6 Å². The van der Waals surface area contributed by atoms with Gasteiger partial charge >= 0.3 is 0 Å². The summed E-state index contributed by atoms with van der Waals surface area (Å²) in [5.41, 5.74) is 7.09. The number of rotatable bonds is 4. The molecule has 0 aromatic heterocycles. The highest BCUT2D eigenvalue weighted by molar-refractivity contribution is 5.85. The van der Waals surface area contributed by atoms with Crippen LogP contribution in [0.3, 0.4) is 0 Å². The van der Waals surface area contributed by atoms with Gasteiger partial charge in [0.1, 0.15) is 11.5 Å². The molecule has 0 saturated heterocycles. The van der Waals surface area contributed by atoms with Gasteiger partial charge in [0.15, 0.2) is 0 Å². The Hall–Kier alpha value is -0.930. The van der Waals surface area contributed by atoms with E-state index in [1.807, 2.05) is 6.07 Å². The van der Waals surface area contributed by atoms with Crippen LogP contribution in [0.5, 0.6) is 11.5 Å². The van der Waals surface area contributed by atoms with E-state index in [1.165, 1.54) is 12.8 Å². The van der Waals surface area contributed by atoms with Gasteiger partial charge in [0, 0.05) is 17.7 Å². The summed E-state index contributed by atoms with van der Waals surface area (Å²) in [7, 11) is 1.60. The molecule has 1 aromatic carbocycles. The van der Waals surface area contributed by atoms with Crippen molar-refractivity contribution < 1.29 is 9.84 Å². The van der Waals surface area contributed by atoms with Crippen LogP contribution < -0.4 is 10.5 Å². The first kappa shape index (κ1) is 13.1. The predicted molar refractivity (Wildman–Crippen MR) is 66.2 cm³/mol. The molecule has 16 heavy (non-hydrogen) atoms. The van der Waals surface area contributed by atoms with Gasteiger partial charge in [-0.05, 0) is 18.4 Å². The second kappa shape index (κ2) is 5.41. The normalized spacial score (nSPS) is 16.4. The van der Waals surface area contributed by atoms with E-state index in [0.717, 1.165) is 17.9 Å². The minimum Gasteiger partial charge on any atom is -0.508 e. The Morgan fingerprint density at radius 2 is 2.19 bits per heavy atom. The molecule has 0 aliphatic heterocycles. The van der Waals surface area contributed by atoms with E-state index in [2.05, 4.69) is 0 Å². The minimum atomic E-state index is 0. The summed E-state index contributed by atoms with van der Waals surface area (Å²) in [5, 5.41) is 9.32. The lowest BCUT2D eigenvalue weighted by Crippen LogP contribution is -2.12. The molecule has 0 unspecified atom stereocenters. The molecular formula is C12H18ClNO2. The topological polar surface area (TPSA) is 55.5 Å². The maximum atomic E-state index is 9.32. The summed E-state index contributed by atoms with van der Waals surface area (Å²) in [6.07, 6.45) is 3.61. The van der Waals surface area contributed by atoms with E-state index in [9.17, 15) is 5.11 Å². The van der Waals surface area contributed by atoms with Crippen molar-refractivity contribution in [2.24, 2.45) is 11.7 Å². The summed E-state index contributed by atoms with van der Waals surface area (Å²) < 4.78 is 5.21. The zero-order valence-corrected chi connectivity index (χ0v) is 10.2. The minimum absolute atomic E-state index is 0. The van der Waals surface area contributed by atoms with Crippen molar-refractivity contribution in [3.05, 3.63) is 23.8 Å². The van der Waals surface area contributed by atoms with Crippen LogP contribution in [0.15, 0.2) is 18.2 Å². The molecule has 1 aliphatic rings. The Labute approximate surface area is 102 Å². The fourth-order valence-corrected chi connectivity index (χ4v) is 1.85. The highest BCUT2D eigenvalue weighted by Crippen LogP contribution is 2.39. The molecule has 1 saturated carbocycles. The third-order valence-electron chi connectivity index (χ3n) is 2.90. The SMILES string of the molecule is COc1cc(O)ccc1[C@H](N)CC1CC1.Cl. The molecule has 3 nitrogen and oxygen atoms in total. The zero-order chi connectivity index (χ0) is 10.8. The molecule has 4 heteroatoms. The van der Waals surface area contributed by atoms with Gasteiger partial charge in [-0.25, -0.2) is 0 Å². The van der Waals surface area contributed by atoms with Crippen molar-refractivity contribution in [3.8, 4) is 11.5 Å². The van der Waals surface area contributed by atoms with Crippen molar-refractivity contribution >= 4 is 12.4 Å². The average molecular weight is 244 g/mol. The Morgan fingerprint density at radius 1 is 1.50 bits per heavy atom. The third-order valence-corrected chi connectivity index (χ3v) is 2.90. The molecule has 0 spiro atoms. The van der Waals surface area contributed by atoms with Gasteiger partial charge in [-0.2, -0.15) is 0 Å². The van der Waals surface area contributed by atoms with Crippen LogP contribution in [0.2, 0.25) is 0 Å². The Kier molecular flexibility index (Phi) is 4.44. The van der Waals surface area contributed by atoms with Crippen molar-refractivity contribution in [2.45, 2.75) is 25.3 Å². The fourth-order valence-electron chi connectivity index (χ4n) is 1.85. The van der Waals surface area contributed by atoms with Crippen LogP contribution in [0, 0.1) is 5.92 Å². The van der Waals surface area contributed by atoms with Gasteiger partial charge in [0.25, 0.3) is 0 Å². The van der Waals surface area contributed by atoms with Crippen molar-refractivity contribution in [3.63, 3.8) is 0 Å². The summed E-state index contributed by atoms with van der Waals surface area (Å²) in [5.74, 6) is 1.69. The van der Waals surface area contributed by atoms with Crippen LogP contribution in [-0.2, 0) is 0 Å². The van der Waals surface area contributed by atoms with Crippen LogP contribution in [0.25, 0.3) is 0 Å². The Bertz CT molecular complexity index is 353. The number of phenolic OH excluding ortho intramolecular Hbond substituents is 1. The third kappa shape index (κ3) is 3.03. The van der Waals surface area contributed by atoms with Crippen molar-refractivity contribution in [1.29, 1.82) is 0 Å². The molecule has 0 radical (unpaired) electrons. The number of nitrogens with two attached hydrogens (primary N) is 1. The number of phenols is 1. The molecule has 0 amide bonds. The predicted octanol–water partition coefficient (Wildman–Crippen LogP) is 2.62. The van der Waals surface area contributed by atoms with E-state index >= 15 is 0 Å². The number of halogens is 1. The molecule has 1 atom stereocenters. The largest absolute Gasteiger partial charge is 0.508 e. The molecule has 0 bridgehead atoms. The van der Waals surface area contributed by atoms with Gasteiger partial charge in [-0.15, -0.1) is 12.4 Å². The maximum Gasteiger partial charge on any atom is 0.127 e. The van der Waals surface area contributed by atoms with Gasteiger partial charge in [0.05, 0.1) is 7.11 Å². The monoisotopic (exact) mass is 243 g/mol. The average Bonchev–Trinajstić information content (AvgIpc) is 3.01. The van der Waals surface area contributed by atoms with Gasteiger partial charge in [-0.3, -0.25) is 0 Å². The maximum absolute atomic E-state index is 9.32. The first-order valence-corrected chi connectivity index (χ1v) is 5.33. The first-order chi connectivity index (χ1) is 7.20. The van der Waals surface area contributed by atoms with Crippen molar-refractivity contribution in [2.75, 3.05) is 7.11 Å². The number of methoxy groups -OCH3 is 1. The highest BCUT2D eigenvalue weighted by Gasteiger charge is 2.25. The lowest BCUT2D eigenvalue weighted by molar-refractivity contribution is 0.396. The lowest BCUT2D eigenvalue weighted by atomic mass is 10.0. The van der Waals surface area contributed by atoms with Crippen LogP contribution >= 0.6 is 12.4 Å². The lowest BCUT2D eigenvalue weighted by Gasteiger charge is -2.15. The zero-order valence-electron chi connectivity index (χ0n) is 9.35. The fraction of sp³-hybridized carbons (Fsp3) is 0.500. The molecule has 1 aromatic rings. The molecule has 1 aliphatic carbocycles. The van der Waals surface area contributed by atoms with Crippen LogP contribution in [0.1, 0.15) is 30.9 Å². The summed E-state index contributed by atoms with van der Waals surface area (Å²) >= 11 is 0. The standard InChI is InChI=1S/C12H17NO2.ClH/c1-15-12-7-9(14)4-5-10(12)11(13)6-8-2-3-8;/h4-5,7-8,11,14H,2-3,6,13H2,1H3;1H/t11-;/m1./s1. The molecule has 3 N–H and O–H groups in total. The number of ether oxygens (including phenoxy) is 1. The van der Waals surface area contributed by atoms with E-state index < -0.39 is 0 Å². The highest BCUT2D eigenvalue weighted by atomic mass is 35.5. The van der Waals surface area contributed by atoms with Crippen LogP contribution in [0.4, 0.5) is 0 Å². The summed E-state index contributed by atoms with van der Waals surface area (Å²) in [6, 6.07) is 5.14. The van der Waals surface area contributed by atoms with E-state index in [4.69, 9.17) is 10.5 Å². The number of benzene rings is 1. The molecule has 0 heterocycles. The quantitative estimate of drug-likeness (QED) is 0.855. The second-order valence-electron chi connectivity index (χ2n) is 4.21. The van der Waals surface area contributed by atoms with Crippen molar-refractivity contribution in [1.82, 2.24) is 0 Å². The number of hydrogen-bond donors (Lipinski definition) is 2. The smallest absolute Gasteiger partial charge is 0.127 e. The van der Waals surface area contributed by atoms with E-state index in [-0.39, 0.29) is 24.2 Å². The van der Waals surface area contributed by atoms with Crippen LogP contribution in [-0.4, -0.2) is 12.2 Å². The molecule has 1 fully saturated rings. The molecular weight excluding hydrogens is 226 g/mol. The molecule has 90 valence electrons. The summed E-state index contributed by atoms with van der Waals surface area (Å²) in [6.45, 7) is 0. The summed E-state index contributed by atoms with van der Waals surface area (Å²) in [4.78, 5) is 0. The number of aromatic hydroxyl groups is 1. The van der Waals surface area contributed by atoms with Gasteiger partial charge in [-0.1, -0.05) is 18.9 Å². The number of hydrogen-bond acceptors (Lipinski definition) is 3. The Balaban J connectivity index is 0.00000128. The van der Waals surface area contributed by atoms with E-state index in [1.54, 1.807) is 19.2 Å². The first-order valence-electron chi connectivity index (χ1n) is 5.33. The second-order valence-corrected chi connectivity index (χ2v) is 4.21. The Morgan fingerprint density at radius 3 is 2.75 bits per heavy atom. The van der Waals surface area contributed by atoms with E-state index in [0.29, 0.717) is 5.75 Å². The van der Waals surface area contributed by atoms with Gasteiger partial charge in [0.2, 0.25) is 0 Å². The molecule has 2 rings (SSSR count).